The molecule has 2 aromatic heterocycles. The van der Waals surface area contributed by atoms with Gasteiger partial charge in [-0.25, -0.2) is 0 Å². The molecule has 0 bridgehead atoms. The Kier molecular flexibility index (Phi) is 7.57. The maximum atomic E-state index is 13.7. The number of hydrogen-bond donors (Lipinski definition) is 1. The molecule has 0 radical (unpaired) electrons. The predicted molar refractivity (Wildman–Crippen MR) is 157 cm³/mol. The van der Waals surface area contributed by atoms with Crippen molar-refractivity contribution in [2.45, 2.75) is 23.7 Å². The molecular formula is C31H28ClN3O3S. The first-order valence-electron chi connectivity index (χ1n) is 13.0. The van der Waals surface area contributed by atoms with E-state index in [0.717, 1.165) is 47.4 Å². The van der Waals surface area contributed by atoms with Crippen molar-refractivity contribution in [1.29, 1.82) is 0 Å². The van der Waals surface area contributed by atoms with Crippen LogP contribution in [0.5, 0.6) is 0 Å². The van der Waals surface area contributed by atoms with Gasteiger partial charge < -0.3 is 14.5 Å². The summed E-state index contributed by atoms with van der Waals surface area (Å²) in [5.41, 5.74) is 3.78. The van der Waals surface area contributed by atoms with Gasteiger partial charge in [0.25, 0.3) is 5.91 Å². The summed E-state index contributed by atoms with van der Waals surface area (Å²) in [6, 6.07) is 23.8. The van der Waals surface area contributed by atoms with E-state index in [9.17, 15) is 9.59 Å². The van der Waals surface area contributed by atoms with Crippen LogP contribution in [0.2, 0.25) is 5.02 Å². The Morgan fingerprint density at radius 3 is 2.51 bits per heavy atom. The van der Waals surface area contributed by atoms with E-state index in [1.165, 1.54) is 4.90 Å². The number of pyridine rings is 1. The highest BCUT2D eigenvalue weighted by Gasteiger charge is 2.20. The lowest BCUT2D eigenvalue weighted by molar-refractivity contribution is 0.0342. The lowest BCUT2D eigenvalue weighted by Crippen LogP contribution is -2.35. The molecule has 0 aliphatic carbocycles. The molecule has 1 saturated heterocycles. The Bertz CT molecular complexity index is 1670. The summed E-state index contributed by atoms with van der Waals surface area (Å²) >= 11 is 7.72. The van der Waals surface area contributed by atoms with Crippen molar-refractivity contribution in [2.24, 2.45) is 0 Å². The third kappa shape index (κ3) is 5.68. The van der Waals surface area contributed by atoms with Crippen LogP contribution in [-0.4, -0.2) is 41.5 Å². The topological polar surface area (TPSA) is 63.1 Å². The Morgan fingerprint density at radius 1 is 0.974 bits per heavy atom. The second-order valence-corrected chi connectivity index (χ2v) is 11.2. The summed E-state index contributed by atoms with van der Waals surface area (Å²) in [4.78, 5) is 30.6. The molecule has 39 heavy (non-hydrogen) atoms. The van der Waals surface area contributed by atoms with Gasteiger partial charge >= 0.3 is 0 Å². The standard InChI is InChI=1S/C31H28ClN3O3S/c32-24-8-6-21(7-9-24)17-33-31(37)28-19-35-25(20-39-26-4-2-1-3-5-26)16-23-14-22(15-27(29(23)35)30(28)36)18-34-10-12-38-13-11-34/h1-9,14-16,19H,10-13,17-18,20H2,(H,33,37). The number of aromatic nitrogens is 1. The molecule has 198 valence electrons. The smallest absolute Gasteiger partial charge is 0.257 e. The highest BCUT2D eigenvalue weighted by molar-refractivity contribution is 7.98. The summed E-state index contributed by atoms with van der Waals surface area (Å²) in [5.74, 6) is 0.323. The number of nitrogens with one attached hydrogen (secondary N) is 1. The van der Waals surface area contributed by atoms with Crippen molar-refractivity contribution in [1.82, 2.24) is 14.6 Å². The number of carbonyl (C=O) groups excluding carboxylic acids is 1. The Morgan fingerprint density at radius 2 is 1.74 bits per heavy atom. The number of carbonyl (C=O) groups is 1. The molecule has 3 heterocycles. The first-order chi connectivity index (χ1) is 19.0. The normalized spacial score (nSPS) is 14.3. The quantitative estimate of drug-likeness (QED) is 0.252. The first kappa shape index (κ1) is 25.9. The van der Waals surface area contributed by atoms with Crippen molar-refractivity contribution < 1.29 is 9.53 Å². The molecule has 0 saturated carbocycles. The molecular weight excluding hydrogens is 530 g/mol. The van der Waals surface area contributed by atoms with Gasteiger partial charge in [0.1, 0.15) is 5.56 Å². The second kappa shape index (κ2) is 11.4. The van der Waals surface area contributed by atoms with Crippen LogP contribution in [0.3, 0.4) is 0 Å². The van der Waals surface area contributed by atoms with Gasteiger partial charge in [-0.2, -0.15) is 0 Å². The number of amides is 1. The number of morpholine rings is 1. The fourth-order valence-electron chi connectivity index (χ4n) is 5.08. The molecule has 1 aliphatic rings. The average molecular weight is 558 g/mol. The highest BCUT2D eigenvalue weighted by atomic mass is 35.5. The molecule has 0 spiro atoms. The van der Waals surface area contributed by atoms with Crippen molar-refractivity contribution in [3.8, 4) is 0 Å². The largest absolute Gasteiger partial charge is 0.379 e. The molecule has 0 unspecified atom stereocenters. The van der Waals surface area contributed by atoms with Gasteiger partial charge in [-0.15, -0.1) is 11.8 Å². The molecule has 5 aromatic rings. The zero-order valence-electron chi connectivity index (χ0n) is 21.4. The molecule has 1 aliphatic heterocycles. The van der Waals surface area contributed by atoms with E-state index in [1.54, 1.807) is 30.1 Å². The van der Waals surface area contributed by atoms with Gasteiger partial charge in [0.05, 0.1) is 18.7 Å². The van der Waals surface area contributed by atoms with Gasteiger partial charge in [0.15, 0.2) is 0 Å². The zero-order valence-corrected chi connectivity index (χ0v) is 22.9. The van der Waals surface area contributed by atoms with E-state index in [4.69, 9.17) is 16.3 Å². The number of thioether (sulfide) groups is 1. The molecule has 1 fully saturated rings. The number of nitrogens with zero attached hydrogens (tertiary/aromatic N) is 2. The molecule has 1 amide bonds. The van der Waals surface area contributed by atoms with Crippen LogP contribution in [0.1, 0.15) is 27.2 Å². The summed E-state index contributed by atoms with van der Waals surface area (Å²) in [6.07, 6.45) is 1.71. The van der Waals surface area contributed by atoms with Crippen molar-refractivity contribution in [3.05, 3.63) is 117 Å². The summed E-state index contributed by atoms with van der Waals surface area (Å²) in [7, 11) is 0. The number of benzene rings is 3. The SMILES string of the molecule is O=C(NCc1ccc(Cl)cc1)c1cn2c(CSc3ccccc3)cc3cc(CN4CCOCC4)cc(c1=O)c32. The van der Waals surface area contributed by atoms with Crippen LogP contribution in [-0.2, 0) is 23.6 Å². The summed E-state index contributed by atoms with van der Waals surface area (Å²) < 4.78 is 7.53. The minimum Gasteiger partial charge on any atom is -0.379 e. The maximum Gasteiger partial charge on any atom is 0.257 e. The first-order valence-corrected chi connectivity index (χ1v) is 14.4. The fourth-order valence-corrected chi connectivity index (χ4v) is 6.09. The van der Waals surface area contributed by atoms with Gasteiger partial charge in [-0.1, -0.05) is 41.9 Å². The van der Waals surface area contributed by atoms with Gasteiger partial charge in [0, 0.05) is 64.5 Å². The maximum absolute atomic E-state index is 13.7. The van der Waals surface area contributed by atoms with Crippen LogP contribution in [0, 0.1) is 0 Å². The predicted octanol–water partition coefficient (Wildman–Crippen LogP) is 5.60. The van der Waals surface area contributed by atoms with Gasteiger partial charge in [-0.3, -0.25) is 14.5 Å². The lowest BCUT2D eigenvalue weighted by atomic mass is 10.0. The number of halogens is 1. The third-order valence-electron chi connectivity index (χ3n) is 7.07. The van der Waals surface area contributed by atoms with E-state index in [2.05, 4.69) is 34.5 Å². The van der Waals surface area contributed by atoms with Crippen molar-refractivity contribution >= 4 is 45.6 Å². The summed E-state index contributed by atoms with van der Waals surface area (Å²) in [5, 5.41) is 5.15. The lowest BCUT2D eigenvalue weighted by Gasteiger charge is -2.26. The minimum atomic E-state index is -0.386. The van der Waals surface area contributed by atoms with Crippen LogP contribution in [0.15, 0.2) is 88.7 Å². The van der Waals surface area contributed by atoms with E-state index in [0.29, 0.717) is 35.9 Å². The van der Waals surface area contributed by atoms with Crippen LogP contribution < -0.4 is 10.7 Å². The molecule has 8 heteroatoms. The number of rotatable bonds is 8. The number of ether oxygens (including phenoxy) is 1. The van der Waals surface area contributed by atoms with Crippen LogP contribution in [0.25, 0.3) is 16.3 Å². The number of hydrogen-bond acceptors (Lipinski definition) is 5. The van der Waals surface area contributed by atoms with Crippen molar-refractivity contribution in [2.75, 3.05) is 26.3 Å². The van der Waals surface area contributed by atoms with Gasteiger partial charge in [-0.05, 0) is 53.6 Å². The van der Waals surface area contributed by atoms with Gasteiger partial charge in [0.2, 0.25) is 5.43 Å². The van der Waals surface area contributed by atoms with Crippen LogP contribution in [0.4, 0.5) is 0 Å². The molecule has 0 atom stereocenters. The Hall–Kier alpha value is -3.36. The Balaban J connectivity index is 1.38. The monoisotopic (exact) mass is 557 g/mol. The Labute approximate surface area is 235 Å². The summed E-state index contributed by atoms with van der Waals surface area (Å²) in [6.45, 7) is 4.19. The molecule has 6 rings (SSSR count). The average Bonchev–Trinajstić information content (AvgIpc) is 3.31. The molecule has 1 N–H and O–H groups in total. The minimum absolute atomic E-state index is 0.142. The molecule has 6 nitrogen and oxygen atoms in total. The van der Waals surface area contributed by atoms with E-state index in [1.807, 2.05) is 40.8 Å². The zero-order chi connectivity index (χ0) is 26.8. The molecule has 3 aromatic carbocycles. The van der Waals surface area contributed by atoms with E-state index in [-0.39, 0.29) is 16.9 Å². The fraction of sp³-hybridized carbons (Fsp3) is 0.226. The van der Waals surface area contributed by atoms with E-state index >= 15 is 0 Å². The van der Waals surface area contributed by atoms with Crippen LogP contribution >= 0.6 is 23.4 Å². The van der Waals surface area contributed by atoms with E-state index < -0.39 is 0 Å². The highest BCUT2D eigenvalue weighted by Crippen LogP contribution is 2.30. The second-order valence-electron chi connectivity index (χ2n) is 9.76. The van der Waals surface area contributed by atoms with Crippen molar-refractivity contribution in [3.63, 3.8) is 0 Å². The third-order valence-corrected chi connectivity index (χ3v) is 8.37.